The Morgan fingerprint density at radius 3 is 2.90 bits per heavy atom. The Morgan fingerprint density at radius 2 is 2.16 bits per heavy atom. The molecule has 8 nitrogen and oxygen atoms in total. The van der Waals surface area contributed by atoms with Crippen molar-refractivity contribution in [2.24, 2.45) is 0 Å². The molecule has 164 valence electrons. The molecule has 31 heavy (non-hydrogen) atoms. The fourth-order valence-electron chi connectivity index (χ4n) is 3.66. The van der Waals surface area contributed by atoms with Crippen LogP contribution in [0.1, 0.15) is 35.5 Å². The summed E-state index contributed by atoms with van der Waals surface area (Å²) in [5.41, 5.74) is 0.766. The summed E-state index contributed by atoms with van der Waals surface area (Å²) in [6.07, 6.45) is -0.320. The van der Waals surface area contributed by atoms with Crippen molar-refractivity contribution in [3.05, 3.63) is 46.5 Å². The first kappa shape index (κ1) is 21.4. The third kappa shape index (κ3) is 4.90. The molecule has 0 radical (unpaired) electrons. The highest BCUT2D eigenvalue weighted by Gasteiger charge is 2.37. The van der Waals surface area contributed by atoms with Gasteiger partial charge >= 0.3 is 6.18 Å². The number of hydrogen-bond donors (Lipinski definition) is 1. The van der Waals surface area contributed by atoms with E-state index in [0.29, 0.717) is 35.4 Å². The molecule has 4 rings (SSSR count). The first-order valence-electron chi connectivity index (χ1n) is 9.57. The van der Waals surface area contributed by atoms with Crippen molar-refractivity contribution in [2.75, 3.05) is 18.4 Å². The molecule has 3 aromatic rings. The minimum absolute atomic E-state index is 0.155. The number of rotatable bonds is 4. The second kappa shape index (κ2) is 8.35. The number of thiazole rings is 1. The van der Waals surface area contributed by atoms with Gasteiger partial charge in [0.15, 0.2) is 5.13 Å². The van der Waals surface area contributed by atoms with Crippen molar-refractivity contribution < 1.29 is 18.0 Å². The Morgan fingerprint density at radius 1 is 1.35 bits per heavy atom. The van der Waals surface area contributed by atoms with Crippen LogP contribution in [-0.4, -0.2) is 54.6 Å². The fraction of sp³-hybridized carbons (Fsp3) is 0.421. The van der Waals surface area contributed by atoms with Crippen LogP contribution in [0.4, 0.5) is 18.3 Å². The quantitative estimate of drug-likeness (QED) is 0.613. The van der Waals surface area contributed by atoms with Gasteiger partial charge in [-0.25, -0.2) is 14.5 Å². The zero-order chi connectivity index (χ0) is 22.2. The maximum atomic E-state index is 13.6. The van der Waals surface area contributed by atoms with E-state index >= 15 is 0 Å². The van der Waals surface area contributed by atoms with Crippen molar-refractivity contribution in [1.29, 1.82) is 0 Å². The summed E-state index contributed by atoms with van der Waals surface area (Å²) < 4.78 is 42.4. The van der Waals surface area contributed by atoms with Crippen LogP contribution in [0, 0.1) is 6.92 Å². The molecule has 0 spiro atoms. The Bertz CT molecular complexity index is 1140. The van der Waals surface area contributed by atoms with Gasteiger partial charge in [-0.05, 0) is 19.4 Å². The molecule has 1 atom stereocenters. The number of carbonyl (C=O) groups excluding carboxylic acids is 1. The summed E-state index contributed by atoms with van der Waals surface area (Å²) in [4.78, 5) is 26.5. The zero-order valence-electron chi connectivity index (χ0n) is 16.8. The van der Waals surface area contributed by atoms with Gasteiger partial charge in [0, 0.05) is 54.8 Å². The van der Waals surface area contributed by atoms with E-state index in [1.54, 1.807) is 19.2 Å². The van der Waals surface area contributed by atoms with Gasteiger partial charge in [0.05, 0.1) is 5.69 Å². The molecule has 0 fully saturated rings. The highest BCUT2D eigenvalue weighted by Crippen LogP contribution is 2.37. The molecule has 0 aromatic carbocycles. The topological polar surface area (TPSA) is 88.3 Å². The first-order valence-corrected chi connectivity index (χ1v) is 10.4. The van der Waals surface area contributed by atoms with Gasteiger partial charge in [-0.2, -0.15) is 23.3 Å². The third-order valence-corrected chi connectivity index (χ3v) is 5.84. The van der Waals surface area contributed by atoms with E-state index < -0.39 is 17.7 Å². The van der Waals surface area contributed by atoms with Crippen molar-refractivity contribution in [2.45, 2.75) is 38.9 Å². The number of hydrogen-bond acceptors (Lipinski definition) is 7. The van der Waals surface area contributed by atoms with Crippen molar-refractivity contribution in [3.63, 3.8) is 0 Å². The molecular formula is C19H20F3N7OS. The van der Waals surface area contributed by atoms with Crippen LogP contribution in [0.15, 0.2) is 30.2 Å². The number of halogens is 3. The molecule has 0 aliphatic carbocycles. The second-order valence-electron chi connectivity index (χ2n) is 7.43. The molecule has 0 saturated carbocycles. The normalized spacial score (nSPS) is 18.1. The van der Waals surface area contributed by atoms with Crippen LogP contribution in [0.2, 0.25) is 0 Å². The average Bonchev–Trinajstić information content (AvgIpc) is 3.24. The predicted octanol–water partition coefficient (Wildman–Crippen LogP) is 3.33. The Kier molecular flexibility index (Phi) is 5.75. The number of carbonyl (C=O) groups is 1. The van der Waals surface area contributed by atoms with E-state index in [0.717, 1.165) is 4.88 Å². The maximum Gasteiger partial charge on any atom is 0.412 e. The van der Waals surface area contributed by atoms with Gasteiger partial charge in [0.2, 0.25) is 5.91 Å². The number of alkyl halides is 3. The minimum atomic E-state index is -4.40. The molecule has 1 amide bonds. The second-order valence-corrected chi connectivity index (χ2v) is 8.54. The van der Waals surface area contributed by atoms with Crippen molar-refractivity contribution >= 4 is 28.2 Å². The number of fused-ring (bicyclic) bond motifs is 1. The zero-order valence-corrected chi connectivity index (χ0v) is 17.7. The largest absolute Gasteiger partial charge is 0.412 e. The molecule has 0 unspecified atom stereocenters. The molecule has 3 aromatic heterocycles. The smallest absolute Gasteiger partial charge is 0.302 e. The van der Waals surface area contributed by atoms with Crippen LogP contribution in [0.5, 0.6) is 0 Å². The molecular weight excluding hydrogens is 431 g/mol. The number of amides is 1. The van der Waals surface area contributed by atoms with E-state index in [1.165, 1.54) is 35.2 Å². The van der Waals surface area contributed by atoms with E-state index in [1.807, 2.05) is 4.90 Å². The van der Waals surface area contributed by atoms with Gasteiger partial charge in [-0.15, -0.1) is 11.3 Å². The fourth-order valence-corrected chi connectivity index (χ4v) is 4.56. The van der Waals surface area contributed by atoms with Gasteiger partial charge in [0.25, 0.3) is 5.78 Å². The van der Waals surface area contributed by atoms with E-state index in [4.69, 9.17) is 0 Å². The van der Waals surface area contributed by atoms with Crippen LogP contribution < -0.4 is 5.32 Å². The summed E-state index contributed by atoms with van der Waals surface area (Å²) in [6, 6.07) is 1.77. The molecule has 1 aliphatic rings. The summed E-state index contributed by atoms with van der Waals surface area (Å²) in [5, 5.41) is 7.26. The van der Waals surface area contributed by atoms with Gasteiger partial charge in [-0.3, -0.25) is 9.69 Å². The number of nitrogens with zero attached hydrogens (tertiary/aromatic N) is 6. The van der Waals surface area contributed by atoms with Gasteiger partial charge < -0.3 is 5.32 Å². The number of aromatic nitrogens is 5. The summed E-state index contributed by atoms with van der Waals surface area (Å²) in [6.45, 7) is 4.14. The van der Waals surface area contributed by atoms with Crippen LogP contribution in [0.25, 0.3) is 5.78 Å². The lowest BCUT2D eigenvalue weighted by molar-refractivity contribution is -0.114. The average molecular weight is 451 g/mol. The Hall–Kier alpha value is -2.86. The van der Waals surface area contributed by atoms with Crippen LogP contribution in [0.3, 0.4) is 0 Å². The van der Waals surface area contributed by atoms with Gasteiger partial charge in [0.1, 0.15) is 6.33 Å². The number of allylic oxidation sites excluding steroid dienone is 1. The van der Waals surface area contributed by atoms with E-state index in [2.05, 4.69) is 25.4 Å². The Labute approximate surface area is 179 Å². The lowest BCUT2D eigenvalue weighted by atomic mass is 9.95. The van der Waals surface area contributed by atoms with E-state index in [9.17, 15) is 18.0 Å². The monoisotopic (exact) mass is 451 g/mol. The maximum absolute atomic E-state index is 13.6. The van der Waals surface area contributed by atoms with Crippen LogP contribution >= 0.6 is 11.3 Å². The summed E-state index contributed by atoms with van der Waals surface area (Å²) in [7, 11) is 0. The lowest BCUT2D eigenvalue weighted by Gasteiger charge is -2.24. The predicted molar refractivity (Wildman–Crippen MR) is 109 cm³/mol. The number of aryl methyl sites for hydroxylation is 1. The first-order chi connectivity index (χ1) is 14.7. The SMILES string of the molecule is CC(=O)Nc1ncc(CN2CC=C(C(F)(F)F)C[C@H](c3cc(C)nc4ncnn34)C2)s1. The van der Waals surface area contributed by atoms with E-state index in [-0.39, 0.29) is 18.9 Å². The lowest BCUT2D eigenvalue weighted by Crippen LogP contribution is -2.28. The molecule has 1 aliphatic heterocycles. The van der Waals surface area contributed by atoms with Crippen LogP contribution in [-0.2, 0) is 11.3 Å². The molecule has 4 heterocycles. The minimum Gasteiger partial charge on any atom is -0.302 e. The summed E-state index contributed by atoms with van der Waals surface area (Å²) >= 11 is 1.31. The number of nitrogens with one attached hydrogen (secondary N) is 1. The molecule has 1 N–H and O–H groups in total. The number of anilines is 1. The Balaban J connectivity index is 1.65. The molecule has 0 bridgehead atoms. The third-order valence-electron chi connectivity index (χ3n) is 4.95. The van der Waals surface area contributed by atoms with Crippen molar-refractivity contribution in [3.8, 4) is 0 Å². The van der Waals surface area contributed by atoms with Crippen molar-refractivity contribution in [1.82, 2.24) is 29.5 Å². The standard InChI is InChI=1S/C19H20F3N7OS/c1-11-5-16(29-17(26-11)24-10-25-29)13-6-14(19(20,21)22)3-4-28(8-13)9-15-7-23-18(31-15)27-12(2)30/h3,5,7,10,13H,4,6,8-9H2,1-2H3,(H,23,27,30)/t13-/m0/s1. The highest BCUT2D eigenvalue weighted by molar-refractivity contribution is 7.15. The summed E-state index contributed by atoms with van der Waals surface area (Å²) in [5.74, 6) is -0.312. The molecule has 0 saturated heterocycles. The highest BCUT2D eigenvalue weighted by atomic mass is 32.1. The molecule has 12 heteroatoms. The van der Waals surface area contributed by atoms with Gasteiger partial charge in [-0.1, -0.05) is 6.08 Å².